The zero-order chi connectivity index (χ0) is 11.8. The third-order valence-electron chi connectivity index (χ3n) is 1.87. The molecule has 0 aromatic carbocycles. The predicted octanol–water partition coefficient (Wildman–Crippen LogP) is 0.840. The average Bonchev–Trinajstić information content (AvgIpc) is 2.13. The summed E-state index contributed by atoms with van der Waals surface area (Å²) >= 11 is 4.87. The maximum Gasteiger partial charge on any atom is 0.246 e. The third kappa shape index (κ3) is 6.41. The fourth-order valence-corrected chi connectivity index (χ4v) is 1.42. The van der Waals surface area contributed by atoms with Gasteiger partial charge in [0.25, 0.3) is 0 Å². The van der Waals surface area contributed by atoms with Gasteiger partial charge in [-0.15, -0.1) is 0 Å². The van der Waals surface area contributed by atoms with Crippen LogP contribution in [0.1, 0.15) is 27.2 Å². The topological polar surface area (TPSA) is 64.3 Å². The smallest absolute Gasteiger partial charge is 0.246 e. The SMILES string of the molecule is CCCOCC(=O)NC(C(N)=S)C(C)C. The van der Waals surface area contributed by atoms with Crippen LogP contribution < -0.4 is 11.1 Å². The van der Waals surface area contributed by atoms with Crippen LogP contribution in [0, 0.1) is 5.92 Å². The minimum absolute atomic E-state index is 0.0691. The van der Waals surface area contributed by atoms with E-state index in [1.165, 1.54) is 0 Å². The largest absolute Gasteiger partial charge is 0.392 e. The lowest BCUT2D eigenvalue weighted by molar-refractivity contribution is -0.126. The van der Waals surface area contributed by atoms with E-state index in [0.717, 1.165) is 6.42 Å². The molecule has 15 heavy (non-hydrogen) atoms. The molecule has 3 N–H and O–H groups in total. The molecule has 0 aliphatic heterocycles. The summed E-state index contributed by atoms with van der Waals surface area (Å²) in [6.45, 7) is 6.56. The summed E-state index contributed by atoms with van der Waals surface area (Å²) in [5.41, 5.74) is 5.52. The highest BCUT2D eigenvalue weighted by Gasteiger charge is 2.18. The van der Waals surface area contributed by atoms with Gasteiger partial charge in [0.15, 0.2) is 0 Å². The molecule has 0 radical (unpaired) electrons. The third-order valence-corrected chi connectivity index (χ3v) is 2.13. The Morgan fingerprint density at radius 2 is 2.13 bits per heavy atom. The van der Waals surface area contributed by atoms with E-state index in [1.54, 1.807) is 0 Å². The molecule has 88 valence electrons. The van der Waals surface area contributed by atoms with Gasteiger partial charge in [-0.1, -0.05) is 33.0 Å². The number of carbonyl (C=O) groups is 1. The highest BCUT2D eigenvalue weighted by atomic mass is 32.1. The van der Waals surface area contributed by atoms with Crippen LogP contribution in [0.5, 0.6) is 0 Å². The molecule has 0 aromatic heterocycles. The number of amides is 1. The van der Waals surface area contributed by atoms with Crippen LogP contribution in [0.2, 0.25) is 0 Å². The molecule has 0 aliphatic carbocycles. The van der Waals surface area contributed by atoms with Crippen molar-refractivity contribution in [3.63, 3.8) is 0 Å². The van der Waals surface area contributed by atoms with E-state index in [9.17, 15) is 4.79 Å². The van der Waals surface area contributed by atoms with Crippen LogP contribution in [0.3, 0.4) is 0 Å². The highest BCUT2D eigenvalue weighted by molar-refractivity contribution is 7.80. The molecule has 0 saturated carbocycles. The second-order valence-electron chi connectivity index (χ2n) is 3.74. The molecule has 5 heteroatoms. The van der Waals surface area contributed by atoms with E-state index in [2.05, 4.69) is 5.32 Å². The van der Waals surface area contributed by atoms with Gasteiger partial charge in [0.1, 0.15) is 6.61 Å². The number of thiocarbonyl (C=S) groups is 1. The van der Waals surface area contributed by atoms with Crippen LogP contribution in [0.4, 0.5) is 0 Å². The van der Waals surface area contributed by atoms with Crippen molar-refractivity contribution in [1.82, 2.24) is 5.32 Å². The van der Waals surface area contributed by atoms with Crippen molar-refractivity contribution in [2.24, 2.45) is 11.7 Å². The van der Waals surface area contributed by atoms with Gasteiger partial charge in [-0.3, -0.25) is 4.79 Å². The first-order chi connectivity index (χ1) is 6.99. The van der Waals surface area contributed by atoms with E-state index in [-0.39, 0.29) is 24.5 Å². The number of ether oxygens (including phenoxy) is 1. The van der Waals surface area contributed by atoms with Gasteiger partial charge in [-0.2, -0.15) is 0 Å². The van der Waals surface area contributed by atoms with Crippen LogP contribution in [0.15, 0.2) is 0 Å². The Kier molecular flexibility index (Phi) is 7.25. The Bertz CT molecular complexity index is 219. The van der Waals surface area contributed by atoms with Gasteiger partial charge in [-0.05, 0) is 12.3 Å². The molecule has 1 amide bonds. The van der Waals surface area contributed by atoms with E-state index >= 15 is 0 Å². The van der Waals surface area contributed by atoms with Gasteiger partial charge in [-0.25, -0.2) is 0 Å². The molecule has 0 heterocycles. The molecule has 1 atom stereocenters. The summed E-state index contributed by atoms with van der Waals surface area (Å²) in [5.74, 6) is 0.0209. The molecular weight excluding hydrogens is 212 g/mol. The molecule has 0 saturated heterocycles. The lowest BCUT2D eigenvalue weighted by Crippen LogP contribution is -2.48. The predicted molar refractivity (Wildman–Crippen MR) is 64.7 cm³/mol. The molecule has 0 fully saturated rings. The Hall–Kier alpha value is -0.680. The molecule has 0 aromatic rings. The summed E-state index contributed by atoms with van der Waals surface area (Å²) in [6.07, 6.45) is 0.899. The monoisotopic (exact) mass is 232 g/mol. The minimum Gasteiger partial charge on any atom is -0.392 e. The summed E-state index contributed by atoms with van der Waals surface area (Å²) < 4.78 is 5.11. The van der Waals surface area contributed by atoms with E-state index in [0.29, 0.717) is 11.6 Å². The van der Waals surface area contributed by atoms with Crippen molar-refractivity contribution in [2.75, 3.05) is 13.2 Å². The van der Waals surface area contributed by atoms with E-state index < -0.39 is 0 Å². The second kappa shape index (κ2) is 7.59. The fraction of sp³-hybridized carbons (Fsp3) is 0.800. The first-order valence-corrected chi connectivity index (χ1v) is 5.56. The van der Waals surface area contributed by atoms with Gasteiger partial charge >= 0.3 is 0 Å². The molecule has 0 rings (SSSR count). The Balaban J connectivity index is 3.95. The lowest BCUT2D eigenvalue weighted by Gasteiger charge is -2.20. The van der Waals surface area contributed by atoms with Crippen molar-refractivity contribution in [3.8, 4) is 0 Å². The van der Waals surface area contributed by atoms with E-state index in [1.807, 2.05) is 20.8 Å². The molecule has 0 spiro atoms. The van der Waals surface area contributed by atoms with Crippen LogP contribution in [-0.4, -0.2) is 30.2 Å². The van der Waals surface area contributed by atoms with Crippen molar-refractivity contribution in [2.45, 2.75) is 33.2 Å². The Labute approximate surface area is 96.5 Å². The maximum absolute atomic E-state index is 11.4. The quantitative estimate of drug-likeness (QED) is 0.504. The zero-order valence-electron chi connectivity index (χ0n) is 9.58. The number of hydrogen-bond acceptors (Lipinski definition) is 3. The number of hydrogen-bond donors (Lipinski definition) is 2. The maximum atomic E-state index is 11.4. The Morgan fingerprint density at radius 3 is 2.53 bits per heavy atom. The first-order valence-electron chi connectivity index (χ1n) is 5.15. The fourth-order valence-electron chi connectivity index (χ4n) is 1.09. The summed E-state index contributed by atoms with van der Waals surface area (Å²) in [4.78, 5) is 11.7. The van der Waals surface area contributed by atoms with Crippen molar-refractivity contribution < 1.29 is 9.53 Å². The minimum atomic E-state index is -0.252. The molecular formula is C10H20N2O2S. The summed E-state index contributed by atoms with van der Waals surface area (Å²) in [7, 11) is 0. The summed E-state index contributed by atoms with van der Waals surface area (Å²) in [6, 6.07) is -0.252. The van der Waals surface area contributed by atoms with E-state index in [4.69, 9.17) is 22.7 Å². The average molecular weight is 232 g/mol. The zero-order valence-corrected chi connectivity index (χ0v) is 10.4. The Morgan fingerprint density at radius 1 is 1.53 bits per heavy atom. The van der Waals surface area contributed by atoms with Crippen molar-refractivity contribution in [3.05, 3.63) is 0 Å². The highest BCUT2D eigenvalue weighted by Crippen LogP contribution is 2.01. The number of nitrogens with two attached hydrogens (primary N) is 1. The molecule has 4 nitrogen and oxygen atoms in total. The van der Waals surface area contributed by atoms with Gasteiger partial charge in [0.2, 0.25) is 5.91 Å². The van der Waals surface area contributed by atoms with Crippen LogP contribution in [-0.2, 0) is 9.53 Å². The van der Waals surface area contributed by atoms with Gasteiger partial charge in [0.05, 0.1) is 11.0 Å². The van der Waals surface area contributed by atoms with Crippen LogP contribution >= 0.6 is 12.2 Å². The lowest BCUT2D eigenvalue weighted by atomic mass is 10.0. The first kappa shape index (κ1) is 14.3. The molecule has 1 unspecified atom stereocenters. The number of carbonyl (C=O) groups excluding carboxylic acids is 1. The molecule has 0 aliphatic rings. The number of rotatable bonds is 7. The normalized spacial score (nSPS) is 12.5. The standard InChI is InChI=1S/C10H20N2O2S/c1-4-5-14-6-8(13)12-9(7(2)3)10(11)15/h7,9H,4-6H2,1-3H3,(H2,11,15)(H,12,13). The summed E-state index contributed by atoms with van der Waals surface area (Å²) in [5, 5.41) is 2.74. The van der Waals surface area contributed by atoms with Crippen LogP contribution in [0.25, 0.3) is 0 Å². The van der Waals surface area contributed by atoms with Crippen molar-refractivity contribution in [1.29, 1.82) is 0 Å². The second-order valence-corrected chi connectivity index (χ2v) is 4.22. The van der Waals surface area contributed by atoms with Crippen molar-refractivity contribution >= 4 is 23.1 Å². The molecule has 0 bridgehead atoms. The number of nitrogens with one attached hydrogen (secondary N) is 1. The van der Waals surface area contributed by atoms with Gasteiger partial charge in [0, 0.05) is 6.61 Å². The van der Waals surface area contributed by atoms with Gasteiger partial charge < -0.3 is 15.8 Å².